The van der Waals surface area contributed by atoms with E-state index in [1.807, 2.05) is 31.2 Å². The molecule has 2 rings (SSSR count). The molecule has 2 N–H and O–H groups in total. The van der Waals surface area contributed by atoms with Gasteiger partial charge in [0.25, 0.3) is 5.91 Å². The van der Waals surface area contributed by atoms with Gasteiger partial charge in [0.2, 0.25) is 0 Å². The fourth-order valence-corrected chi connectivity index (χ4v) is 1.84. The van der Waals surface area contributed by atoms with Gasteiger partial charge in [-0.15, -0.1) is 5.10 Å². The molecule has 1 aromatic carbocycles. The van der Waals surface area contributed by atoms with Crippen molar-refractivity contribution in [2.45, 2.75) is 20.3 Å². The van der Waals surface area contributed by atoms with Crippen molar-refractivity contribution >= 4 is 11.9 Å². The zero-order valence-corrected chi connectivity index (χ0v) is 11.8. The lowest BCUT2D eigenvalue weighted by Gasteiger charge is -2.04. The van der Waals surface area contributed by atoms with Gasteiger partial charge in [-0.1, -0.05) is 22.9 Å². The summed E-state index contributed by atoms with van der Waals surface area (Å²) in [6.07, 6.45) is -0.128. The van der Waals surface area contributed by atoms with E-state index < -0.39 is 11.9 Å². The largest absolute Gasteiger partial charge is 0.481 e. The minimum absolute atomic E-state index is 0.0605. The van der Waals surface area contributed by atoms with Crippen LogP contribution in [0.4, 0.5) is 0 Å². The second-order valence-electron chi connectivity index (χ2n) is 4.67. The third kappa shape index (κ3) is 3.44. The summed E-state index contributed by atoms with van der Waals surface area (Å²) < 4.78 is 1.57. The Bertz CT molecular complexity index is 661. The molecule has 0 aliphatic rings. The average molecular weight is 288 g/mol. The van der Waals surface area contributed by atoms with Crippen molar-refractivity contribution in [2.75, 3.05) is 6.54 Å². The summed E-state index contributed by atoms with van der Waals surface area (Å²) >= 11 is 0. The van der Waals surface area contributed by atoms with Crippen molar-refractivity contribution in [3.63, 3.8) is 0 Å². The van der Waals surface area contributed by atoms with E-state index in [-0.39, 0.29) is 18.7 Å². The lowest BCUT2D eigenvalue weighted by atomic mass is 10.2. The number of amides is 1. The molecule has 0 radical (unpaired) electrons. The zero-order valence-electron chi connectivity index (χ0n) is 11.8. The summed E-state index contributed by atoms with van der Waals surface area (Å²) in [6.45, 7) is 3.79. The first-order valence-electron chi connectivity index (χ1n) is 6.48. The number of aromatic nitrogens is 3. The van der Waals surface area contributed by atoms with Gasteiger partial charge in [-0.2, -0.15) is 0 Å². The summed E-state index contributed by atoms with van der Waals surface area (Å²) in [6, 6.07) is 7.68. The van der Waals surface area contributed by atoms with Crippen molar-refractivity contribution in [3.05, 3.63) is 41.2 Å². The van der Waals surface area contributed by atoms with Crippen molar-refractivity contribution < 1.29 is 14.7 Å². The van der Waals surface area contributed by atoms with Gasteiger partial charge >= 0.3 is 5.97 Å². The molecule has 0 aliphatic carbocycles. The predicted octanol–water partition coefficient (Wildman–Crippen LogP) is 1.09. The van der Waals surface area contributed by atoms with Crippen LogP contribution in [0, 0.1) is 13.8 Å². The minimum atomic E-state index is -0.963. The van der Waals surface area contributed by atoms with Crippen LogP contribution in [0.3, 0.4) is 0 Å². The second kappa shape index (κ2) is 6.17. The third-order valence-corrected chi connectivity index (χ3v) is 3.01. The molecule has 0 spiro atoms. The number of nitrogens with zero attached hydrogens (tertiary/aromatic N) is 3. The highest BCUT2D eigenvalue weighted by Crippen LogP contribution is 2.12. The summed E-state index contributed by atoms with van der Waals surface area (Å²) in [7, 11) is 0. The van der Waals surface area contributed by atoms with Gasteiger partial charge < -0.3 is 10.4 Å². The highest BCUT2D eigenvalue weighted by molar-refractivity contribution is 5.93. The molecule has 110 valence electrons. The van der Waals surface area contributed by atoms with Crippen LogP contribution in [0.1, 0.15) is 28.2 Å². The van der Waals surface area contributed by atoms with Crippen LogP contribution < -0.4 is 5.32 Å². The number of carbonyl (C=O) groups is 2. The van der Waals surface area contributed by atoms with E-state index in [4.69, 9.17) is 5.11 Å². The van der Waals surface area contributed by atoms with Crippen molar-refractivity contribution in [1.82, 2.24) is 20.3 Å². The number of benzene rings is 1. The Morgan fingerprint density at radius 2 is 1.90 bits per heavy atom. The highest BCUT2D eigenvalue weighted by Gasteiger charge is 2.17. The molecule has 1 aromatic heterocycles. The van der Waals surface area contributed by atoms with E-state index in [0.717, 1.165) is 11.3 Å². The van der Waals surface area contributed by atoms with Gasteiger partial charge in [0.15, 0.2) is 5.69 Å². The third-order valence-electron chi connectivity index (χ3n) is 3.01. The second-order valence-corrected chi connectivity index (χ2v) is 4.67. The molecule has 1 heterocycles. The predicted molar refractivity (Wildman–Crippen MR) is 75.4 cm³/mol. The zero-order chi connectivity index (χ0) is 15.4. The number of aliphatic carboxylic acids is 1. The van der Waals surface area contributed by atoms with Gasteiger partial charge in [0.05, 0.1) is 17.8 Å². The Hall–Kier alpha value is -2.70. The van der Waals surface area contributed by atoms with E-state index >= 15 is 0 Å². The maximum Gasteiger partial charge on any atom is 0.305 e. The summed E-state index contributed by atoms with van der Waals surface area (Å²) in [4.78, 5) is 22.3. The molecule has 0 saturated heterocycles. The van der Waals surface area contributed by atoms with Crippen LogP contribution in [-0.2, 0) is 4.79 Å². The van der Waals surface area contributed by atoms with E-state index in [0.29, 0.717) is 5.69 Å². The number of carboxylic acids is 1. The molecule has 0 unspecified atom stereocenters. The SMILES string of the molecule is Cc1ccc(-n2nnc(C(=O)NCCC(=O)O)c2C)cc1. The topological polar surface area (TPSA) is 97.1 Å². The van der Waals surface area contributed by atoms with E-state index in [1.54, 1.807) is 11.6 Å². The van der Waals surface area contributed by atoms with Gasteiger partial charge in [-0.25, -0.2) is 4.68 Å². The summed E-state index contributed by atoms with van der Waals surface area (Å²) in [5.41, 5.74) is 2.74. The number of hydrogen-bond acceptors (Lipinski definition) is 4. The molecule has 0 aliphatic heterocycles. The van der Waals surface area contributed by atoms with Crippen LogP contribution in [0.5, 0.6) is 0 Å². The molecule has 0 fully saturated rings. The maximum atomic E-state index is 11.9. The lowest BCUT2D eigenvalue weighted by molar-refractivity contribution is -0.136. The number of aryl methyl sites for hydroxylation is 1. The van der Waals surface area contributed by atoms with Crippen LogP contribution in [0.2, 0.25) is 0 Å². The first kappa shape index (κ1) is 14.7. The molecule has 7 nitrogen and oxygen atoms in total. The van der Waals surface area contributed by atoms with Crippen molar-refractivity contribution in [2.24, 2.45) is 0 Å². The molecule has 0 bridgehead atoms. The van der Waals surface area contributed by atoms with Crippen LogP contribution in [0.25, 0.3) is 5.69 Å². The summed E-state index contributed by atoms with van der Waals surface area (Å²) in [5, 5.41) is 18.9. The number of carboxylic acid groups (broad SMARTS) is 1. The van der Waals surface area contributed by atoms with E-state index in [9.17, 15) is 9.59 Å². The number of hydrogen-bond donors (Lipinski definition) is 2. The van der Waals surface area contributed by atoms with Crippen LogP contribution >= 0.6 is 0 Å². The number of carbonyl (C=O) groups excluding carboxylic acids is 1. The normalized spacial score (nSPS) is 10.4. The molecule has 0 saturated carbocycles. The molecular weight excluding hydrogens is 272 g/mol. The van der Waals surface area contributed by atoms with Gasteiger partial charge in [-0.3, -0.25) is 9.59 Å². The number of nitrogens with one attached hydrogen (secondary N) is 1. The van der Waals surface area contributed by atoms with Gasteiger partial charge in [0, 0.05) is 6.54 Å². The fraction of sp³-hybridized carbons (Fsp3) is 0.286. The number of rotatable bonds is 5. The Balaban J connectivity index is 2.14. The van der Waals surface area contributed by atoms with Gasteiger partial charge in [0.1, 0.15) is 0 Å². The molecule has 2 aromatic rings. The average Bonchev–Trinajstić information content (AvgIpc) is 2.81. The quantitative estimate of drug-likeness (QED) is 0.858. The maximum absolute atomic E-state index is 11.9. The molecule has 21 heavy (non-hydrogen) atoms. The Kier molecular flexibility index (Phi) is 4.32. The van der Waals surface area contributed by atoms with Crippen molar-refractivity contribution in [1.29, 1.82) is 0 Å². The Morgan fingerprint density at radius 1 is 1.24 bits per heavy atom. The Morgan fingerprint density at radius 3 is 2.52 bits per heavy atom. The smallest absolute Gasteiger partial charge is 0.305 e. The van der Waals surface area contributed by atoms with E-state index in [2.05, 4.69) is 15.6 Å². The molecule has 0 atom stereocenters. The Labute approximate surface area is 121 Å². The summed E-state index contributed by atoms with van der Waals surface area (Å²) in [5.74, 6) is -1.39. The van der Waals surface area contributed by atoms with Gasteiger partial charge in [-0.05, 0) is 26.0 Å². The van der Waals surface area contributed by atoms with E-state index in [1.165, 1.54) is 0 Å². The molecule has 7 heteroatoms. The highest BCUT2D eigenvalue weighted by atomic mass is 16.4. The fourth-order valence-electron chi connectivity index (χ4n) is 1.84. The standard InChI is InChI=1S/C14H16N4O3/c1-9-3-5-11(6-4-9)18-10(2)13(16-17-18)14(21)15-8-7-12(19)20/h3-6H,7-8H2,1-2H3,(H,15,21)(H,19,20). The lowest BCUT2D eigenvalue weighted by Crippen LogP contribution is -2.27. The van der Waals surface area contributed by atoms with Crippen molar-refractivity contribution in [3.8, 4) is 5.69 Å². The first-order chi connectivity index (χ1) is 9.99. The van der Waals surface area contributed by atoms with Crippen LogP contribution in [0.15, 0.2) is 24.3 Å². The minimum Gasteiger partial charge on any atom is -0.481 e. The molecule has 1 amide bonds. The van der Waals surface area contributed by atoms with Crippen LogP contribution in [-0.4, -0.2) is 38.5 Å². The first-order valence-corrected chi connectivity index (χ1v) is 6.48. The molecular formula is C14H16N4O3. The monoisotopic (exact) mass is 288 g/mol.